The highest BCUT2D eigenvalue weighted by molar-refractivity contribution is 5.79. The molecule has 0 aromatic rings. The molecule has 0 bridgehead atoms. The van der Waals surface area contributed by atoms with Crippen LogP contribution in [0.3, 0.4) is 0 Å². The van der Waals surface area contributed by atoms with Crippen LogP contribution in [0.25, 0.3) is 0 Å². The maximum atomic E-state index is 13.3. The van der Waals surface area contributed by atoms with Crippen molar-refractivity contribution in [2.24, 2.45) is 11.8 Å². The van der Waals surface area contributed by atoms with Crippen LogP contribution >= 0.6 is 0 Å². The molecule has 3 nitrogen and oxygen atoms in total. The Bertz CT molecular complexity index is 262. The van der Waals surface area contributed by atoms with Crippen LogP contribution in [0, 0.1) is 11.8 Å². The third kappa shape index (κ3) is 10.6. The Labute approximate surface area is 129 Å². The second kappa shape index (κ2) is 11.9. The first kappa shape index (κ1) is 25.3. The lowest BCUT2D eigenvalue weighted by Gasteiger charge is -2.21. The maximum Gasteiger partial charge on any atom is 0.343 e. The normalized spacial score (nSPS) is 15.9. The minimum atomic E-state index is -1.85. The molecule has 0 saturated heterocycles. The lowest BCUT2D eigenvalue weighted by atomic mass is 9.95. The average molecular weight is 312 g/mol. The minimum absolute atomic E-state index is 0.104. The molecule has 2 atom stereocenters. The fraction of sp³-hybridized carbons (Fsp3) is 0.938. The smallest absolute Gasteiger partial charge is 0.343 e. The molecule has 0 heterocycles. The van der Waals surface area contributed by atoms with E-state index in [4.69, 9.17) is 5.11 Å². The van der Waals surface area contributed by atoms with Gasteiger partial charge in [0.05, 0.1) is 13.2 Å². The van der Waals surface area contributed by atoms with Crippen LogP contribution in [0.15, 0.2) is 0 Å². The molecule has 0 spiro atoms. The van der Waals surface area contributed by atoms with E-state index in [2.05, 4.69) is 4.74 Å². The first-order valence-electron chi connectivity index (χ1n) is 7.59. The predicted molar refractivity (Wildman–Crippen MR) is 83.8 cm³/mol. The van der Waals surface area contributed by atoms with Crippen molar-refractivity contribution < 1.29 is 23.4 Å². The van der Waals surface area contributed by atoms with E-state index in [0.29, 0.717) is 0 Å². The third-order valence-corrected chi connectivity index (χ3v) is 3.27. The number of carbonyl (C=O) groups excluding carboxylic acids is 1. The molecule has 130 valence electrons. The predicted octanol–water partition coefficient (Wildman–Crippen LogP) is 4.32. The van der Waals surface area contributed by atoms with Gasteiger partial charge in [0.2, 0.25) is 5.67 Å². The Morgan fingerprint density at radius 3 is 1.62 bits per heavy atom. The highest BCUT2D eigenvalue weighted by Gasteiger charge is 2.37. The van der Waals surface area contributed by atoms with Crippen LogP contribution in [-0.2, 0) is 9.53 Å². The van der Waals surface area contributed by atoms with E-state index in [-0.39, 0.29) is 25.0 Å². The number of hydrogen-bond acceptors (Lipinski definition) is 3. The third-order valence-electron chi connectivity index (χ3n) is 3.27. The standard InChI is InChI=1S/C8H15FO2.C6H13FO.C2H6/c1-5-11-7(10)8(4,9)6(2)3;1-5(2)6(3,7)4-8;1-2/h6H,5H2,1-4H3;5,8H,4H2,1-3H3;1-2H3. The van der Waals surface area contributed by atoms with Crippen molar-refractivity contribution in [3.8, 4) is 0 Å². The number of alkyl halides is 2. The molecule has 0 aromatic carbocycles. The van der Waals surface area contributed by atoms with Crippen molar-refractivity contribution in [1.29, 1.82) is 0 Å². The Hall–Kier alpha value is -0.710. The van der Waals surface area contributed by atoms with Gasteiger partial charge in [-0.05, 0) is 32.6 Å². The Morgan fingerprint density at radius 2 is 1.48 bits per heavy atom. The number of aliphatic hydroxyl groups excluding tert-OH is 1. The number of carbonyl (C=O) groups is 1. The zero-order chi connectivity index (χ0) is 17.9. The second-order valence-electron chi connectivity index (χ2n) is 5.54. The number of halogens is 2. The van der Waals surface area contributed by atoms with E-state index in [0.717, 1.165) is 0 Å². The molecule has 0 aliphatic heterocycles. The van der Waals surface area contributed by atoms with E-state index in [1.54, 1.807) is 34.6 Å². The van der Waals surface area contributed by atoms with Crippen LogP contribution in [0.4, 0.5) is 8.78 Å². The quantitative estimate of drug-likeness (QED) is 0.769. The largest absolute Gasteiger partial charge is 0.464 e. The van der Waals surface area contributed by atoms with Crippen molar-refractivity contribution in [1.82, 2.24) is 0 Å². The molecule has 0 aliphatic carbocycles. The van der Waals surface area contributed by atoms with E-state index >= 15 is 0 Å². The van der Waals surface area contributed by atoms with Crippen molar-refractivity contribution in [2.75, 3.05) is 13.2 Å². The van der Waals surface area contributed by atoms with Crippen molar-refractivity contribution in [3.63, 3.8) is 0 Å². The summed E-state index contributed by atoms with van der Waals surface area (Å²) < 4.78 is 30.6. The van der Waals surface area contributed by atoms with Gasteiger partial charge in [-0.2, -0.15) is 0 Å². The van der Waals surface area contributed by atoms with Crippen LogP contribution in [0.2, 0.25) is 0 Å². The van der Waals surface area contributed by atoms with Gasteiger partial charge in [0, 0.05) is 0 Å². The van der Waals surface area contributed by atoms with E-state index in [1.165, 1.54) is 13.8 Å². The Balaban J connectivity index is -0.000000286. The number of hydrogen-bond donors (Lipinski definition) is 1. The van der Waals surface area contributed by atoms with Crippen LogP contribution in [0.5, 0.6) is 0 Å². The van der Waals surface area contributed by atoms with Crippen molar-refractivity contribution in [3.05, 3.63) is 0 Å². The second-order valence-corrected chi connectivity index (χ2v) is 5.54. The zero-order valence-electron chi connectivity index (χ0n) is 15.1. The minimum Gasteiger partial charge on any atom is -0.464 e. The summed E-state index contributed by atoms with van der Waals surface area (Å²) in [7, 11) is 0. The molecule has 0 fully saturated rings. The molecule has 0 radical (unpaired) electrons. The fourth-order valence-corrected chi connectivity index (χ4v) is 0.690. The van der Waals surface area contributed by atoms with E-state index < -0.39 is 17.3 Å². The van der Waals surface area contributed by atoms with Crippen molar-refractivity contribution in [2.45, 2.75) is 73.7 Å². The van der Waals surface area contributed by atoms with Gasteiger partial charge in [0.15, 0.2) is 0 Å². The monoisotopic (exact) mass is 312 g/mol. The highest BCUT2D eigenvalue weighted by atomic mass is 19.1. The lowest BCUT2D eigenvalue weighted by molar-refractivity contribution is -0.159. The van der Waals surface area contributed by atoms with Gasteiger partial charge in [-0.25, -0.2) is 13.6 Å². The number of rotatable bonds is 5. The number of aliphatic hydroxyl groups is 1. The summed E-state index contributed by atoms with van der Waals surface area (Å²) in [5, 5.41) is 8.39. The van der Waals surface area contributed by atoms with Gasteiger partial charge in [-0.1, -0.05) is 41.5 Å². The van der Waals surface area contributed by atoms with Gasteiger partial charge in [-0.3, -0.25) is 0 Å². The molecule has 0 amide bonds. The fourth-order valence-electron chi connectivity index (χ4n) is 0.690. The van der Waals surface area contributed by atoms with Gasteiger partial charge < -0.3 is 9.84 Å². The summed E-state index contributed by atoms with van der Waals surface area (Å²) in [6.07, 6.45) is 0. The molecule has 1 N–H and O–H groups in total. The summed E-state index contributed by atoms with van der Waals surface area (Å²) in [5.41, 5.74) is -3.25. The zero-order valence-corrected chi connectivity index (χ0v) is 15.1. The van der Waals surface area contributed by atoms with Crippen LogP contribution in [0.1, 0.15) is 62.3 Å². The molecule has 21 heavy (non-hydrogen) atoms. The summed E-state index contributed by atoms with van der Waals surface area (Å²) in [6.45, 7) is 14.9. The molecule has 5 heteroatoms. The molecule has 0 aliphatic rings. The maximum absolute atomic E-state index is 13.3. The molecule has 0 aromatic heterocycles. The number of ether oxygens (including phenoxy) is 1. The van der Waals surface area contributed by atoms with Gasteiger partial charge in [-0.15, -0.1) is 0 Å². The lowest BCUT2D eigenvalue weighted by Crippen LogP contribution is -2.37. The first-order valence-corrected chi connectivity index (χ1v) is 7.59. The summed E-state index contributed by atoms with van der Waals surface area (Å²) in [4.78, 5) is 10.9. The first-order chi connectivity index (χ1) is 9.43. The molecular weight excluding hydrogens is 278 g/mol. The average Bonchev–Trinajstić information content (AvgIpc) is 2.41. The van der Waals surface area contributed by atoms with Gasteiger partial charge in [0.1, 0.15) is 5.67 Å². The Kier molecular flexibility index (Phi) is 14.3. The van der Waals surface area contributed by atoms with Crippen LogP contribution in [-0.4, -0.2) is 35.6 Å². The summed E-state index contributed by atoms with van der Waals surface area (Å²) in [6, 6.07) is 0. The van der Waals surface area contributed by atoms with Gasteiger partial charge >= 0.3 is 5.97 Å². The van der Waals surface area contributed by atoms with Crippen molar-refractivity contribution >= 4 is 5.97 Å². The molecule has 2 unspecified atom stereocenters. The topological polar surface area (TPSA) is 46.5 Å². The summed E-state index contributed by atoms with van der Waals surface area (Å²) in [5.74, 6) is -1.22. The van der Waals surface area contributed by atoms with Gasteiger partial charge in [0.25, 0.3) is 0 Å². The molecular formula is C16H34F2O3. The highest BCUT2D eigenvalue weighted by Crippen LogP contribution is 2.22. The SMILES string of the molecule is CC.CC(C)C(C)(F)CO.CCOC(=O)C(C)(F)C(C)C. The summed E-state index contributed by atoms with van der Waals surface area (Å²) >= 11 is 0. The van der Waals surface area contributed by atoms with E-state index in [9.17, 15) is 13.6 Å². The Morgan fingerprint density at radius 1 is 1.10 bits per heavy atom. The number of esters is 1. The van der Waals surface area contributed by atoms with E-state index in [1.807, 2.05) is 13.8 Å². The van der Waals surface area contributed by atoms with Crippen LogP contribution < -0.4 is 0 Å². The molecule has 0 saturated carbocycles. The molecule has 0 rings (SSSR count).